The Morgan fingerprint density at radius 1 is 1.14 bits per heavy atom. The van der Waals surface area contributed by atoms with E-state index in [4.69, 9.17) is 11.5 Å². The van der Waals surface area contributed by atoms with Gasteiger partial charge in [0, 0.05) is 18.7 Å². The van der Waals surface area contributed by atoms with E-state index in [1.807, 2.05) is 48.2 Å². The molecule has 4 amide bonds. The van der Waals surface area contributed by atoms with Crippen LogP contribution in [-0.4, -0.2) is 40.2 Å². The largest absolute Gasteiger partial charge is 0.365 e. The lowest BCUT2D eigenvalue weighted by atomic mass is 9.72. The maximum atomic E-state index is 12.6. The smallest absolute Gasteiger partial charge is 0.320 e. The Bertz CT molecular complexity index is 1150. The molecule has 1 aliphatic heterocycles. The van der Waals surface area contributed by atoms with Gasteiger partial charge in [0.25, 0.3) is 11.8 Å². The summed E-state index contributed by atoms with van der Waals surface area (Å²) in [6.07, 6.45) is 3.84. The molecule has 9 nitrogen and oxygen atoms in total. The van der Waals surface area contributed by atoms with E-state index in [0.29, 0.717) is 24.2 Å². The quantitative estimate of drug-likeness (QED) is 0.422. The van der Waals surface area contributed by atoms with Crippen molar-refractivity contribution in [3.05, 3.63) is 70.4 Å². The van der Waals surface area contributed by atoms with Crippen LogP contribution in [0.1, 0.15) is 43.7 Å². The number of urea groups is 1. The first kappa shape index (κ1) is 24.6. The van der Waals surface area contributed by atoms with Crippen molar-refractivity contribution in [1.29, 1.82) is 0 Å². The number of hydrogen-bond donors (Lipinski definition) is 4. The molecule has 1 aliphatic carbocycles. The van der Waals surface area contributed by atoms with E-state index >= 15 is 0 Å². The molecule has 0 saturated heterocycles. The molecule has 0 radical (unpaired) electrons. The van der Waals surface area contributed by atoms with Crippen LogP contribution >= 0.6 is 11.8 Å². The van der Waals surface area contributed by atoms with Crippen LogP contribution in [0.4, 0.5) is 10.6 Å². The van der Waals surface area contributed by atoms with Crippen LogP contribution in [0, 0.1) is 5.92 Å². The number of thioether (sulfide) groups is 1. The van der Waals surface area contributed by atoms with Crippen molar-refractivity contribution in [1.82, 2.24) is 15.2 Å². The third-order valence-electron chi connectivity index (χ3n) is 6.62. The third kappa shape index (κ3) is 4.84. The molecule has 6 N–H and O–H groups in total. The zero-order chi connectivity index (χ0) is 25.2. The molecule has 35 heavy (non-hydrogen) atoms. The summed E-state index contributed by atoms with van der Waals surface area (Å²) in [4.78, 5) is 43.2. The predicted octanol–water partition coefficient (Wildman–Crippen LogP) is 2.82. The molecule has 1 aromatic heterocycles. The summed E-state index contributed by atoms with van der Waals surface area (Å²) in [5.74, 6) is -0.234. The maximum Gasteiger partial charge on any atom is 0.320 e. The minimum absolute atomic E-state index is 0.0573. The first-order valence-corrected chi connectivity index (χ1v) is 12.6. The zero-order valence-corrected chi connectivity index (χ0v) is 20.6. The van der Waals surface area contributed by atoms with Gasteiger partial charge in [0.05, 0.1) is 11.4 Å². The summed E-state index contributed by atoms with van der Waals surface area (Å²) >= 11 is 1.24. The van der Waals surface area contributed by atoms with Crippen LogP contribution in [0.15, 0.2) is 59.3 Å². The Hall–Kier alpha value is -3.53. The topological polar surface area (TPSA) is 143 Å². The van der Waals surface area contributed by atoms with Gasteiger partial charge in [0.1, 0.15) is 16.4 Å². The fraction of sp³-hybridized carbons (Fsp3) is 0.360. The molecule has 184 valence electrons. The van der Waals surface area contributed by atoms with Crippen LogP contribution in [-0.2, 0) is 15.1 Å². The van der Waals surface area contributed by atoms with Crippen LogP contribution in [0.2, 0.25) is 0 Å². The fourth-order valence-electron chi connectivity index (χ4n) is 4.93. The van der Waals surface area contributed by atoms with Gasteiger partial charge in [-0.05, 0) is 49.8 Å². The van der Waals surface area contributed by atoms with Crippen molar-refractivity contribution in [2.45, 2.75) is 38.1 Å². The first-order valence-electron chi connectivity index (χ1n) is 11.6. The summed E-state index contributed by atoms with van der Waals surface area (Å²) in [6, 6.07) is 13.3. The van der Waals surface area contributed by atoms with Gasteiger partial charge in [-0.1, -0.05) is 48.2 Å². The first-order chi connectivity index (χ1) is 16.8. The average molecular weight is 495 g/mol. The van der Waals surface area contributed by atoms with Gasteiger partial charge in [0.15, 0.2) is 0 Å². The SMILES string of the molecule is CCNC(=O)Nc1ccc(C(C2CC2)C(C)(c2ccccc2)N2CSC(C(N)=O)=C2C(N)=O)cn1. The molecule has 4 rings (SSSR count). The van der Waals surface area contributed by atoms with Crippen LogP contribution in [0.3, 0.4) is 0 Å². The van der Waals surface area contributed by atoms with Crippen LogP contribution < -0.4 is 22.1 Å². The zero-order valence-electron chi connectivity index (χ0n) is 19.8. The molecule has 10 heteroatoms. The van der Waals surface area contributed by atoms with Crippen LogP contribution in [0.5, 0.6) is 0 Å². The number of primary amides is 2. The van der Waals surface area contributed by atoms with Gasteiger partial charge in [-0.15, -0.1) is 0 Å². The Kier molecular flexibility index (Phi) is 7.02. The van der Waals surface area contributed by atoms with Crippen molar-refractivity contribution in [2.75, 3.05) is 17.7 Å². The molecule has 1 aromatic carbocycles. The number of anilines is 1. The van der Waals surface area contributed by atoms with E-state index in [1.54, 1.807) is 12.3 Å². The molecule has 2 heterocycles. The minimum atomic E-state index is -0.715. The van der Waals surface area contributed by atoms with E-state index in [2.05, 4.69) is 22.5 Å². The molecule has 1 fully saturated rings. The molecule has 2 atom stereocenters. The number of hydrogen-bond acceptors (Lipinski definition) is 6. The second-order valence-electron chi connectivity index (χ2n) is 8.90. The van der Waals surface area contributed by atoms with E-state index in [-0.39, 0.29) is 22.6 Å². The van der Waals surface area contributed by atoms with E-state index < -0.39 is 17.4 Å². The second-order valence-corrected chi connectivity index (χ2v) is 9.85. The Morgan fingerprint density at radius 2 is 1.86 bits per heavy atom. The van der Waals surface area contributed by atoms with E-state index in [1.165, 1.54) is 11.8 Å². The number of benzene rings is 1. The van der Waals surface area contributed by atoms with Gasteiger partial charge < -0.3 is 21.7 Å². The van der Waals surface area contributed by atoms with Crippen molar-refractivity contribution in [3.8, 4) is 0 Å². The lowest BCUT2D eigenvalue weighted by molar-refractivity contribution is -0.118. The standard InChI is InChI=1S/C25H30N6O3S/c1-3-28-24(34)30-18-12-11-16(13-29-18)19(15-9-10-15)25(2,17-7-5-4-6-8-17)31-14-35-21(23(27)33)20(31)22(26)32/h4-8,11-13,15,19H,3,9-10,14H2,1-2H3,(H2,26,32)(H2,27,33)(H2,28,29,30,34). The van der Waals surface area contributed by atoms with Crippen molar-refractivity contribution >= 4 is 35.4 Å². The van der Waals surface area contributed by atoms with Crippen molar-refractivity contribution in [2.24, 2.45) is 17.4 Å². The van der Waals surface area contributed by atoms with Gasteiger partial charge in [-0.25, -0.2) is 9.78 Å². The van der Waals surface area contributed by atoms with Crippen molar-refractivity contribution < 1.29 is 14.4 Å². The van der Waals surface area contributed by atoms with Gasteiger partial charge in [0.2, 0.25) is 0 Å². The van der Waals surface area contributed by atoms with Crippen LogP contribution in [0.25, 0.3) is 0 Å². The lowest BCUT2D eigenvalue weighted by Gasteiger charge is -2.47. The summed E-state index contributed by atoms with van der Waals surface area (Å²) in [5.41, 5.74) is 12.8. The third-order valence-corrected chi connectivity index (χ3v) is 7.69. The molecule has 2 aromatic rings. The Labute approximate surface area is 208 Å². The number of rotatable bonds is 9. The highest BCUT2D eigenvalue weighted by Crippen LogP contribution is 2.56. The number of nitrogens with one attached hydrogen (secondary N) is 2. The number of aromatic nitrogens is 1. The number of pyridine rings is 1. The summed E-state index contributed by atoms with van der Waals surface area (Å²) in [6.45, 7) is 4.44. The molecular weight excluding hydrogens is 464 g/mol. The second kappa shape index (κ2) is 9.99. The fourth-order valence-corrected chi connectivity index (χ4v) is 6.08. The summed E-state index contributed by atoms with van der Waals surface area (Å²) < 4.78 is 0. The summed E-state index contributed by atoms with van der Waals surface area (Å²) in [7, 11) is 0. The Morgan fingerprint density at radius 3 is 2.40 bits per heavy atom. The van der Waals surface area contributed by atoms with E-state index in [0.717, 1.165) is 24.0 Å². The highest BCUT2D eigenvalue weighted by atomic mass is 32.2. The van der Waals surface area contributed by atoms with Crippen molar-refractivity contribution in [3.63, 3.8) is 0 Å². The molecule has 1 saturated carbocycles. The molecular formula is C25H30N6O3S. The van der Waals surface area contributed by atoms with Gasteiger partial charge in [-0.3, -0.25) is 14.9 Å². The monoisotopic (exact) mass is 494 g/mol. The average Bonchev–Trinajstić information content (AvgIpc) is 3.55. The van der Waals surface area contributed by atoms with Gasteiger partial charge in [-0.2, -0.15) is 0 Å². The molecule has 2 unspecified atom stereocenters. The molecule has 2 aliphatic rings. The number of carbonyl (C=O) groups excluding carboxylic acids is 3. The highest BCUT2D eigenvalue weighted by Gasteiger charge is 2.52. The normalized spacial score (nSPS) is 18.1. The summed E-state index contributed by atoms with van der Waals surface area (Å²) in [5, 5.41) is 5.41. The Balaban J connectivity index is 1.81. The number of nitrogens with two attached hydrogens (primary N) is 2. The number of carbonyl (C=O) groups is 3. The molecule has 0 spiro atoms. The number of nitrogens with zero attached hydrogens (tertiary/aromatic N) is 2. The van der Waals surface area contributed by atoms with Gasteiger partial charge >= 0.3 is 6.03 Å². The lowest BCUT2D eigenvalue weighted by Crippen LogP contribution is -2.49. The molecule has 0 bridgehead atoms. The number of amides is 4. The maximum absolute atomic E-state index is 12.6. The minimum Gasteiger partial charge on any atom is -0.365 e. The van der Waals surface area contributed by atoms with E-state index in [9.17, 15) is 14.4 Å². The predicted molar refractivity (Wildman–Crippen MR) is 136 cm³/mol. The highest BCUT2D eigenvalue weighted by molar-refractivity contribution is 8.04.